The lowest BCUT2D eigenvalue weighted by Gasteiger charge is -2.47. The smallest absolute Gasteiger partial charge is 0.353 e. The standard InChI is InChI=1S/C22H30FN7O4S/c1-11-17-16(12(2)29-10-13(8-23)26-27-29)21(32)30(17)18(22(33)34)19(11)35-14-7-15(25-9-14)20(31)28-5-3-24-4-6-28/h10-12,14-17,24-25H,3-9H2,1-2H3,(H,33,34)/t11-,12?,14-,15+,16-,17-/m1/s1. The second kappa shape index (κ2) is 9.51. The number of carboxylic acids is 1. The van der Waals surface area contributed by atoms with E-state index in [4.69, 9.17) is 0 Å². The van der Waals surface area contributed by atoms with E-state index < -0.39 is 18.6 Å². The van der Waals surface area contributed by atoms with E-state index in [1.54, 1.807) is 0 Å². The Labute approximate surface area is 206 Å². The van der Waals surface area contributed by atoms with Crippen molar-refractivity contribution < 1.29 is 23.9 Å². The minimum atomic E-state index is -1.12. The molecule has 13 heteroatoms. The molecule has 0 bridgehead atoms. The molecule has 4 aliphatic heterocycles. The second-order valence-corrected chi connectivity index (χ2v) is 10.9. The monoisotopic (exact) mass is 507 g/mol. The predicted octanol–water partition coefficient (Wildman–Crippen LogP) is -0.0230. The van der Waals surface area contributed by atoms with Crippen LogP contribution >= 0.6 is 11.8 Å². The van der Waals surface area contributed by atoms with Gasteiger partial charge in [-0.25, -0.2) is 13.9 Å². The Hall–Kier alpha value is -2.51. The van der Waals surface area contributed by atoms with Crippen molar-refractivity contribution in [3.63, 3.8) is 0 Å². The van der Waals surface area contributed by atoms with Gasteiger partial charge in [0.15, 0.2) is 0 Å². The number of aliphatic carboxylic acids is 1. The average Bonchev–Trinajstić information content (AvgIpc) is 3.58. The molecule has 0 aromatic carbocycles. The number of thioether (sulfide) groups is 1. The van der Waals surface area contributed by atoms with Gasteiger partial charge in [0.2, 0.25) is 11.8 Å². The molecule has 4 aliphatic rings. The van der Waals surface area contributed by atoms with E-state index in [0.29, 0.717) is 31.0 Å². The van der Waals surface area contributed by atoms with Gasteiger partial charge in [-0.3, -0.25) is 9.59 Å². The largest absolute Gasteiger partial charge is 0.477 e. The van der Waals surface area contributed by atoms with Crippen molar-refractivity contribution in [1.29, 1.82) is 0 Å². The summed E-state index contributed by atoms with van der Waals surface area (Å²) in [6.07, 6.45) is 2.10. The molecule has 5 rings (SSSR count). The lowest BCUT2D eigenvalue weighted by atomic mass is 9.78. The van der Waals surface area contributed by atoms with Crippen LogP contribution < -0.4 is 10.6 Å². The summed E-state index contributed by atoms with van der Waals surface area (Å²) in [6.45, 7) is 6.59. The summed E-state index contributed by atoms with van der Waals surface area (Å²) in [4.78, 5) is 42.2. The summed E-state index contributed by atoms with van der Waals surface area (Å²) < 4.78 is 14.4. The molecule has 2 amide bonds. The number of alkyl halides is 1. The number of carbonyl (C=O) groups is 3. The highest BCUT2D eigenvalue weighted by atomic mass is 32.2. The molecule has 1 aromatic rings. The fourth-order valence-electron chi connectivity index (χ4n) is 5.68. The first-order chi connectivity index (χ1) is 16.8. The van der Waals surface area contributed by atoms with Crippen LogP contribution in [0.25, 0.3) is 0 Å². The minimum Gasteiger partial charge on any atom is -0.477 e. The number of amides is 2. The van der Waals surface area contributed by atoms with Gasteiger partial charge in [-0.2, -0.15) is 0 Å². The summed E-state index contributed by atoms with van der Waals surface area (Å²) in [5.74, 6) is -1.95. The first-order valence-corrected chi connectivity index (χ1v) is 12.9. The van der Waals surface area contributed by atoms with Crippen LogP contribution in [0.4, 0.5) is 4.39 Å². The first kappa shape index (κ1) is 24.2. The van der Waals surface area contributed by atoms with Crippen LogP contribution in [0.1, 0.15) is 32.0 Å². The molecule has 11 nitrogen and oxygen atoms in total. The molecule has 0 saturated carbocycles. The summed E-state index contributed by atoms with van der Waals surface area (Å²) in [7, 11) is 0. The average molecular weight is 508 g/mol. The Morgan fingerprint density at radius 1 is 1.34 bits per heavy atom. The third-order valence-electron chi connectivity index (χ3n) is 7.53. The summed E-state index contributed by atoms with van der Waals surface area (Å²) in [5, 5.41) is 24.3. The third-order valence-corrected chi connectivity index (χ3v) is 9.05. The zero-order valence-electron chi connectivity index (χ0n) is 19.7. The van der Waals surface area contributed by atoms with Gasteiger partial charge < -0.3 is 25.5 Å². The molecule has 190 valence electrons. The van der Waals surface area contributed by atoms with Crippen LogP contribution in [0.3, 0.4) is 0 Å². The van der Waals surface area contributed by atoms with Crippen molar-refractivity contribution in [3.8, 4) is 0 Å². The number of hydrogen-bond donors (Lipinski definition) is 3. The Balaban J connectivity index is 1.29. The molecule has 0 spiro atoms. The highest BCUT2D eigenvalue weighted by Gasteiger charge is 2.61. The zero-order chi connectivity index (χ0) is 24.9. The molecule has 0 radical (unpaired) electrons. The normalized spacial score (nSPS) is 31.5. The Kier molecular flexibility index (Phi) is 6.57. The highest BCUT2D eigenvalue weighted by molar-refractivity contribution is 8.03. The van der Waals surface area contributed by atoms with Crippen LogP contribution in [0.2, 0.25) is 0 Å². The SMILES string of the molecule is CC([C@H]1C(=O)N2C(C(=O)O)=C(S[C@H]3CN[C@H](C(=O)N4CCNCC4)C3)[C@H](C)[C@H]12)n1cc(CF)nn1. The Morgan fingerprint density at radius 3 is 2.74 bits per heavy atom. The van der Waals surface area contributed by atoms with Crippen molar-refractivity contribution in [2.75, 3.05) is 32.7 Å². The van der Waals surface area contributed by atoms with Gasteiger partial charge >= 0.3 is 5.97 Å². The number of fused-ring (bicyclic) bond motifs is 1. The van der Waals surface area contributed by atoms with E-state index in [2.05, 4.69) is 20.9 Å². The quantitative estimate of drug-likeness (QED) is 0.436. The number of halogens is 1. The number of nitrogens with zero attached hydrogens (tertiary/aromatic N) is 5. The zero-order valence-corrected chi connectivity index (χ0v) is 20.5. The number of nitrogens with one attached hydrogen (secondary N) is 2. The number of hydrogen-bond acceptors (Lipinski definition) is 8. The highest BCUT2D eigenvalue weighted by Crippen LogP contribution is 2.53. The molecule has 0 aliphatic carbocycles. The van der Waals surface area contributed by atoms with Crippen molar-refractivity contribution in [2.24, 2.45) is 11.8 Å². The molecule has 3 fully saturated rings. The summed E-state index contributed by atoms with van der Waals surface area (Å²) in [5.41, 5.74) is 0.236. The van der Waals surface area contributed by atoms with Gasteiger partial charge in [-0.15, -0.1) is 16.9 Å². The Bertz CT molecular complexity index is 1060. The van der Waals surface area contributed by atoms with Crippen molar-refractivity contribution >= 4 is 29.5 Å². The second-order valence-electron chi connectivity index (χ2n) is 9.61. The van der Waals surface area contributed by atoms with E-state index in [1.807, 2.05) is 18.7 Å². The van der Waals surface area contributed by atoms with E-state index in [9.17, 15) is 23.9 Å². The lowest BCUT2D eigenvalue weighted by molar-refractivity contribution is -0.159. The van der Waals surface area contributed by atoms with Crippen LogP contribution in [0.15, 0.2) is 16.8 Å². The summed E-state index contributed by atoms with van der Waals surface area (Å²) in [6, 6.07) is -0.969. The number of rotatable bonds is 7. The number of aromatic nitrogens is 3. The van der Waals surface area contributed by atoms with Gasteiger partial charge in [0.05, 0.1) is 30.2 Å². The van der Waals surface area contributed by atoms with E-state index >= 15 is 0 Å². The third kappa shape index (κ3) is 4.12. The topological polar surface area (TPSA) is 133 Å². The molecule has 3 saturated heterocycles. The molecule has 3 N–H and O–H groups in total. The number of carboxylic acid groups (broad SMARTS) is 1. The molecular weight excluding hydrogens is 477 g/mol. The van der Waals surface area contributed by atoms with Gasteiger partial charge in [0, 0.05) is 48.8 Å². The van der Waals surface area contributed by atoms with E-state index in [-0.39, 0.29) is 52.5 Å². The molecule has 6 atom stereocenters. The maximum atomic E-state index is 13.1. The number of β-lactam (4-membered cyclic amide) rings is 1. The molecule has 5 heterocycles. The fraction of sp³-hybridized carbons (Fsp3) is 0.682. The Morgan fingerprint density at radius 2 is 2.09 bits per heavy atom. The number of piperazine rings is 1. The molecule has 1 aromatic heterocycles. The van der Waals surface area contributed by atoms with Crippen molar-refractivity contribution in [3.05, 3.63) is 22.5 Å². The summed E-state index contributed by atoms with van der Waals surface area (Å²) >= 11 is 1.47. The van der Waals surface area contributed by atoms with Crippen LogP contribution in [-0.4, -0.2) is 97.7 Å². The first-order valence-electron chi connectivity index (χ1n) is 12.0. The fourth-order valence-corrected chi connectivity index (χ4v) is 7.16. The van der Waals surface area contributed by atoms with Crippen LogP contribution in [0.5, 0.6) is 0 Å². The maximum Gasteiger partial charge on any atom is 0.353 e. The van der Waals surface area contributed by atoms with Crippen LogP contribution in [0, 0.1) is 11.8 Å². The van der Waals surface area contributed by atoms with Crippen molar-refractivity contribution in [1.82, 2.24) is 35.4 Å². The van der Waals surface area contributed by atoms with Gasteiger partial charge in [0.1, 0.15) is 18.1 Å². The van der Waals surface area contributed by atoms with Gasteiger partial charge in [-0.1, -0.05) is 12.1 Å². The number of carbonyl (C=O) groups excluding carboxylic acids is 2. The molecule has 35 heavy (non-hydrogen) atoms. The predicted molar refractivity (Wildman–Crippen MR) is 125 cm³/mol. The minimum absolute atomic E-state index is 0.0331. The lowest BCUT2D eigenvalue weighted by Crippen LogP contribution is -2.62. The molecule has 1 unspecified atom stereocenters. The van der Waals surface area contributed by atoms with Crippen LogP contribution in [-0.2, 0) is 21.1 Å². The van der Waals surface area contributed by atoms with Gasteiger partial charge in [-0.05, 0) is 13.3 Å². The van der Waals surface area contributed by atoms with Crippen molar-refractivity contribution in [2.45, 2.75) is 50.3 Å². The van der Waals surface area contributed by atoms with Gasteiger partial charge in [0.25, 0.3) is 0 Å². The maximum absolute atomic E-state index is 13.1. The van der Waals surface area contributed by atoms with E-state index in [1.165, 1.54) is 27.5 Å². The molecular formula is C22H30FN7O4S. The van der Waals surface area contributed by atoms with E-state index in [0.717, 1.165) is 13.1 Å².